The molecule has 0 unspecified atom stereocenters. The van der Waals surface area contributed by atoms with Crippen molar-refractivity contribution >= 4 is 17.9 Å². The normalized spacial score (nSPS) is 10.1. The minimum atomic E-state index is -0.490. The van der Waals surface area contributed by atoms with E-state index in [1.165, 1.54) is 18.3 Å². The van der Waals surface area contributed by atoms with Gasteiger partial charge in [-0.05, 0) is 0 Å². The van der Waals surface area contributed by atoms with Gasteiger partial charge in [0, 0.05) is 17.7 Å². The third kappa shape index (κ3) is 3.43. The first-order valence-electron chi connectivity index (χ1n) is 3.97. The maximum absolute atomic E-state index is 10.4. The van der Waals surface area contributed by atoms with E-state index in [0.717, 1.165) is 0 Å². The van der Waals surface area contributed by atoms with Crippen LogP contribution < -0.4 is 11.2 Å². The van der Waals surface area contributed by atoms with Crippen LogP contribution in [-0.2, 0) is 0 Å². The van der Waals surface area contributed by atoms with Gasteiger partial charge in [0.25, 0.3) is 5.69 Å². The summed E-state index contributed by atoms with van der Waals surface area (Å²) in [4.78, 5) is 9.94. The van der Waals surface area contributed by atoms with Gasteiger partial charge in [-0.3, -0.25) is 15.5 Å². The first kappa shape index (κ1) is 10.6. The Hall–Kier alpha value is -2.44. The highest BCUT2D eigenvalue weighted by atomic mass is 16.6. The number of non-ortho nitro benzene ring substituents is 1. The van der Waals surface area contributed by atoms with Crippen LogP contribution >= 0.6 is 0 Å². The Balaban J connectivity index is 2.78. The summed E-state index contributed by atoms with van der Waals surface area (Å²) >= 11 is 0. The highest BCUT2D eigenvalue weighted by Gasteiger charge is 2.03. The van der Waals surface area contributed by atoms with Crippen molar-refractivity contribution < 1.29 is 4.92 Å². The van der Waals surface area contributed by atoms with E-state index in [0.29, 0.717) is 5.56 Å². The zero-order valence-electron chi connectivity index (χ0n) is 7.68. The second-order valence-corrected chi connectivity index (χ2v) is 2.64. The van der Waals surface area contributed by atoms with Crippen molar-refractivity contribution in [3.63, 3.8) is 0 Å². The molecular formula is C8H9N5O2. The first-order valence-corrected chi connectivity index (χ1v) is 3.97. The number of rotatable bonds is 3. The third-order valence-electron chi connectivity index (χ3n) is 1.48. The van der Waals surface area contributed by atoms with Gasteiger partial charge >= 0.3 is 0 Å². The number of guanidine groups is 1. The van der Waals surface area contributed by atoms with E-state index in [1.807, 2.05) is 0 Å². The van der Waals surface area contributed by atoms with E-state index in [4.69, 9.17) is 11.1 Å². The molecule has 1 rings (SSSR count). The molecular weight excluding hydrogens is 198 g/mol. The Kier molecular flexibility index (Phi) is 3.33. The molecule has 1 aromatic carbocycles. The van der Waals surface area contributed by atoms with Crippen molar-refractivity contribution in [3.8, 4) is 0 Å². The lowest BCUT2D eigenvalue weighted by Gasteiger charge is -1.95. The maximum Gasteiger partial charge on any atom is 0.270 e. The van der Waals surface area contributed by atoms with Gasteiger partial charge in [-0.1, -0.05) is 12.1 Å². The van der Waals surface area contributed by atoms with E-state index >= 15 is 0 Å². The highest BCUT2D eigenvalue weighted by molar-refractivity contribution is 5.82. The Bertz CT molecular complexity index is 415. The van der Waals surface area contributed by atoms with Gasteiger partial charge in [0.2, 0.25) is 5.96 Å². The lowest BCUT2D eigenvalue weighted by Crippen LogP contribution is -2.25. The van der Waals surface area contributed by atoms with E-state index in [-0.39, 0.29) is 11.6 Å². The number of hydrazone groups is 1. The average Bonchev–Trinajstić information content (AvgIpc) is 2.17. The molecule has 0 amide bonds. The van der Waals surface area contributed by atoms with Crippen molar-refractivity contribution in [2.75, 3.05) is 0 Å². The van der Waals surface area contributed by atoms with Crippen molar-refractivity contribution in [2.45, 2.75) is 0 Å². The van der Waals surface area contributed by atoms with Crippen LogP contribution in [0.5, 0.6) is 0 Å². The van der Waals surface area contributed by atoms with E-state index in [1.54, 1.807) is 12.1 Å². The molecule has 0 aliphatic rings. The summed E-state index contributed by atoms with van der Waals surface area (Å²) < 4.78 is 0. The summed E-state index contributed by atoms with van der Waals surface area (Å²) in [5, 5.41) is 20.8. The molecule has 0 bridgehead atoms. The average molecular weight is 207 g/mol. The van der Waals surface area contributed by atoms with Crippen molar-refractivity contribution in [1.82, 2.24) is 5.43 Å². The molecule has 0 heterocycles. The summed E-state index contributed by atoms with van der Waals surface area (Å²) in [6.07, 6.45) is 1.34. The summed E-state index contributed by atoms with van der Waals surface area (Å²) in [5.74, 6) is -0.295. The third-order valence-corrected chi connectivity index (χ3v) is 1.48. The summed E-state index contributed by atoms with van der Waals surface area (Å²) in [6.45, 7) is 0. The zero-order chi connectivity index (χ0) is 11.3. The van der Waals surface area contributed by atoms with Crippen LogP contribution in [0.4, 0.5) is 5.69 Å². The van der Waals surface area contributed by atoms with Gasteiger partial charge in [0.05, 0.1) is 11.1 Å². The summed E-state index contributed by atoms with van der Waals surface area (Å²) in [7, 11) is 0. The van der Waals surface area contributed by atoms with Gasteiger partial charge in [-0.15, -0.1) is 0 Å². The molecule has 7 nitrogen and oxygen atoms in total. The van der Waals surface area contributed by atoms with Crippen LogP contribution in [0.1, 0.15) is 5.56 Å². The van der Waals surface area contributed by atoms with Gasteiger partial charge in [-0.2, -0.15) is 5.10 Å². The number of nitro groups is 1. The molecule has 15 heavy (non-hydrogen) atoms. The van der Waals surface area contributed by atoms with Gasteiger partial charge in [0.1, 0.15) is 0 Å². The lowest BCUT2D eigenvalue weighted by atomic mass is 10.2. The van der Waals surface area contributed by atoms with Crippen LogP contribution in [0.2, 0.25) is 0 Å². The molecule has 1 aromatic rings. The number of nitrogens with zero attached hydrogens (tertiary/aromatic N) is 2. The SMILES string of the molecule is N=C(N)NN=Cc1cccc([N+](=O)[O-])c1. The van der Waals surface area contributed by atoms with E-state index in [9.17, 15) is 10.1 Å². The second kappa shape index (κ2) is 4.70. The molecule has 0 aromatic heterocycles. The Labute approximate surface area is 85.3 Å². The van der Waals surface area contributed by atoms with Crippen LogP contribution in [0.3, 0.4) is 0 Å². The van der Waals surface area contributed by atoms with Crippen LogP contribution in [0.15, 0.2) is 29.4 Å². The van der Waals surface area contributed by atoms with Crippen LogP contribution in [-0.4, -0.2) is 17.1 Å². The maximum atomic E-state index is 10.4. The van der Waals surface area contributed by atoms with Crippen molar-refractivity contribution in [1.29, 1.82) is 5.41 Å². The van der Waals surface area contributed by atoms with Gasteiger partial charge < -0.3 is 5.73 Å². The quantitative estimate of drug-likeness (QED) is 0.288. The second-order valence-electron chi connectivity index (χ2n) is 2.64. The molecule has 0 fully saturated rings. The smallest absolute Gasteiger partial charge is 0.270 e. The molecule has 0 aliphatic carbocycles. The fraction of sp³-hybridized carbons (Fsp3) is 0. The molecule has 4 N–H and O–H groups in total. The standard InChI is InChI=1S/C8H9N5O2/c9-8(10)12-11-5-6-2-1-3-7(4-6)13(14)15/h1-5H,(H4,9,10,12). The Morgan fingerprint density at radius 3 is 3.00 bits per heavy atom. The molecule has 0 radical (unpaired) electrons. The lowest BCUT2D eigenvalue weighted by molar-refractivity contribution is -0.384. The van der Waals surface area contributed by atoms with Gasteiger partial charge in [0.15, 0.2) is 0 Å². The number of hydrogen-bond donors (Lipinski definition) is 3. The molecule has 7 heteroatoms. The Morgan fingerprint density at radius 1 is 1.67 bits per heavy atom. The minimum absolute atomic E-state index is 0.0122. The molecule has 0 saturated heterocycles. The zero-order valence-corrected chi connectivity index (χ0v) is 7.68. The van der Waals surface area contributed by atoms with Crippen molar-refractivity contribution in [2.24, 2.45) is 10.8 Å². The largest absolute Gasteiger partial charge is 0.369 e. The fourth-order valence-electron chi connectivity index (χ4n) is 0.895. The monoisotopic (exact) mass is 207 g/mol. The van der Waals surface area contributed by atoms with E-state index in [2.05, 4.69) is 10.5 Å². The van der Waals surface area contributed by atoms with E-state index < -0.39 is 4.92 Å². The predicted molar refractivity (Wildman–Crippen MR) is 55.7 cm³/mol. The Morgan fingerprint density at radius 2 is 2.40 bits per heavy atom. The molecule has 0 aliphatic heterocycles. The highest BCUT2D eigenvalue weighted by Crippen LogP contribution is 2.11. The minimum Gasteiger partial charge on any atom is -0.369 e. The number of nitro benzene ring substituents is 1. The molecule has 0 spiro atoms. The first-order chi connectivity index (χ1) is 7.09. The number of benzene rings is 1. The summed E-state index contributed by atoms with van der Waals surface area (Å²) in [5.41, 5.74) is 7.73. The topological polar surface area (TPSA) is 117 Å². The molecule has 78 valence electrons. The number of nitrogens with one attached hydrogen (secondary N) is 2. The number of hydrogen-bond acceptors (Lipinski definition) is 4. The fourth-order valence-corrected chi connectivity index (χ4v) is 0.895. The molecule has 0 atom stereocenters. The predicted octanol–water partition coefficient (Wildman–Crippen LogP) is 0.412. The van der Waals surface area contributed by atoms with Crippen LogP contribution in [0.25, 0.3) is 0 Å². The van der Waals surface area contributed by atoms with Crippen LogP contribution in [0, 0.1) is 15.5 Å². The van der Waals surface area contributed by atoms with Gasteiger partial charge in [-0.25, -0.2) is 5.43 Å². The molecule has 0 saturated carbocycles. The number of nitrogens with two attached hydrogens (primary N) is 1. The van der Waals surface area contributed by atoms with Crippen molar-refractivity contribution in [3.05, 3.63) is 39.9 Å². The summed E-state index contributed by atoms with van der Waals surface area (Å²) in [6, 6.07) is 5.95.